The fourth-order valence-corrected chi connectivity index (χ4v) is 1.56. The Hall–Kier alpha value is -1.79. The molecule has 0 bridgehead atoms. The van der Waals surface area contributed by atoms with E-state index >= 15 is 0 Å². The number of carboxylic acids is 1. The van der Waals surface area contributed by atoms with Crippen LogP contribution in [0, 0.1) is 0 Å². The molecule has 7 nitrogen and oxygen atoms in total. The lowest BCUT2D eigenvalue weighted by atomic mass is 10.2. The highest BCUT2D eigenvalue weighted by atomic mass is 16.4. The lowest BCUT2D eigenvalue weighted by Crippen LogP contribution is -2.48. The lowest BCUT2D eigenvalue weighted by molar-refractivity contribution is -0.140. The second-order valence-electron chi connectivity index (χ2n) is 3.70. The van der Waals surface area contributed by atoms with Crippen LogP contribution in [0.5, 0.6) is 0 Å². The number of primary amides is 1. The number of nitrogens with one attached hydrogen (secondary N) is 1. The van der Waals surface area contributed by atoms with E-state index in [-0.39, 0.29) is 0 Å². The molecule has 0 spiro atoms. The summed E-state index contributed by atoms with van der Waals surface area (Å²) in [6.07, 6.45) is 1.44. The molecule has 0 unspecified atom stereocenters. The normalized spacial score (nSPS) is 16.9. The van der Waals surface area contributed by atoms with Crippen molar-refractivity contribution < 1.29 is 19.5 Å². The van der Waals surface area contributed by atoms with Crippen LogP contribution in [0.3, 0.4) is 0 Å². The van der Waals surface area contributed by atoms with Crippen molar-refractivity contribution in [3.05, 3.63) is 0 Å². The van der Waals surface area contributed by atoms with Crippen LogP contribution >= 0.6 is 0 Å². The first kappa shape index (κ1) is 12.3. The van der Waals surface area contributed by atoms with Gasteiger partial charge in [-0.3, -0.25) is 4.79 Å². The first-order valence-corrected chi connectivity index (χ1v) is 5.07. The average molecular weight is 229 g/mol. The Labute approximate surface area is 92.6 Å². The van der Waals surface area contributed by atoms with Crippen LogP contribution in [0.4, 0.5) is 4.79 Å². The molecular weight excluding hydrogens is 214 g/mol. The van der Waals surface area contributed by atoms with Gasteiger partial charge in [0.25, 0.3) is 0 Å². The molecule has 0 aliphatic carbocycles. The Morgan fingerprint density at radius 1 is 1.31 bits per heavy atom. The van der Waals surface area contributed by atoms with Crippen molar-refractivity contribution in [1.29, 1.82) is 0 Å². The Kier molecular flexibility index (Phi) is 4.10. The van der Waals surface area contributed by atoms with Crippen LogP contribution in [0.15, 0.2) is 0 Å². The molecule has 0 aromatic heterocycles. The van der Waals surface area contributed by atoms with E-state index in [2.05, 4.69) is 5.32 Å². The third-order valence-corrected chi connectivity index (χ3v) is 2.39. The molecule has 1 rings (SSSR count). The minimum absolute atomic E-state index is 0.394. The van der Waals surface area contributed by atoms with Crippen molar-refractivity contribution in [2.75, 3.05) is 13.1 Å². The summed E-state index contributed by atoms with van der Waals surface area (Å²) in [5.41, 5.74) is 4.89. The highest BCUT2D eigenvalue weighted by Gasteiger charge is 2.25. The predicted molar refractivity (Wildman–Crippen MR) is 54.6 cm³/mol. The van der Waals surface area contributed by atoms with E-state index in [9.17, 15) is 14.4 Å². The number of likely N-dealkylation sites (tertiary alicyclic amines) is 1. The van der Waals surface area contributed by atoms with Gasteiger partial charge in [0, 0.05) is 13.1 Å². The van der Waals surface area contributed by atoms with E-state index in [0.717, 1.165) is 12.8 Å². The molecule has 16 heavy (non-hydrogen) atoms. The molecule has 1 heterocycles. The van der Waals surface area contributed by atoms with Crippen molar-refractivity contribution in [2.24, 2.45) is 5.73 Å². The molecule has 0 saturated carbocycles. The number of amides is 3. The molecule has 1 fully saturated rings. The van der Waals surface area contributed by atoms with Crippen LogP contribution in [0.25, 0.3) is 0 Å². The molecule has 1 atom stereocenters. The molecule has 1 aliphatic heterocycles. The van der Waals surface area contributed by atoms with Gasteiger partial charge in [-0.1, -0.05) is 0 Å². The summed E-state index contributed by atoms with van der Waals surface area (Å²) in [6, 6.07) is -1.70. The number of carboxylic acid groups (broad SMARTS) is 1. The van der Waals surface area contributed by atoms with Gasteiger partial charge in [0.1, 0.15) is 6.04 Å². The quantitative estimate of drug-likeness (QED) is 0.581. The summed E-state index contributed by atoms with van der Waals surface area (Å²) in [6.45, 7) is 1.24. The van der Waals surface area contributed by atoms with Gasteiger partial charge < -0.3 is 21.1 Å². The number of rotatable bonds is 4. The van der Waals surface area contributed by atoms with Gasteiger partial charge in [-0.2, -0.15) is 0 Å². The summed E-state index contributed by atoms with van der Waals surface area (Å²) >= 11 is 0. The van der Waals surface area contributed by atoms with Crippen molar-refractivity contribution in [2.45, 2.75) is 25.3 Å². The Morgan fingerprint density at radius 3 is 2.31 bits per heavy atom. The van der Waals surface area contributed by atoms with Crippen LogP contribution in [-0.2, 0) is 9.59 Å². The number of urea groups is 1. The SMILES string of the molecule is NC(=O)C[C@@H](NC(=O)N1CCCC1)C(=O)O. The second kappa shape index (κ2) is 5.34. The van der Waals surface area contributed by atoms with Gasteiger partial charge in [0.05, 0.1) is 6.42 Å². The minimum Gasteiger partial charge on any atom is -0.480 e. The summed E-state index contributed by atoms with van der Waals surface area (Å²) in [4.78, 5) is 34.4. The third kappa shape index (κ3) is 3.41. The predicted octanol–water partition coefficient (Wildman–Crippen LogP) is -0.880. The van der Waals surface area contributed by atoms with Crippen LogP contribution in [-0.4, -0.2) is 47.0 Å². The highest BCUT2D eigenvalue weighted by Crippen LogP contribution is 2.07. The summed E-state index contributed by atoms with van der Waals surface area (Å²) < 4.78 is 0. The van der Waals surface area contributed by atoms with Gasteiger partial charge in [-0.25, -0.2) is 9.59 Å². The smallest absolute Gasteiger partial charge is 0.326 e. The molecule has 0 aromatic rings. The summed E-state index contributed by atoms with van der Waals surface area (Å²) in [5.74, 6) is -2.01. The number of hydrogen-bond acceptors (Lipinski definition) is 3. The summed E-state index contributed by atoms with van der Waals surface area (Å²) in [7, 11) is 0. The van der Waals surface area contributed by atoms with E-state index < -0.39 is 30.4 Å². The Bertz CT molecular complexity index is 299. The van der Waals surface area contributed by atoms with Gasteiger partial charge in [-0.15, -0.1) is 0 Å². The van der Waals surface area contributed by atoms with Crippen molar-refractivity contribution in [3.63, 3.8) is 0 Å². The van der Waals surface area contributed by atoms with Gasteiger partial charge in [0.2, 0.25) is 5.91 Å². The number of carbonyl (C=O) groups excluding carboxylic acids is 2. The Morgan fingerprint density at radius 2 is 1.88 bits per heavy atom. The van der Waals surface area contributed by atoms with Gasteiger partial charge >= 0.3 is 12.0 Å². The van der Waals surface area contributed by atoms with E-state index in [0.29, 0.717) is 13.1 Å². The molecule has 7 heteroatoms. The largest absolute Gasteiger partial charge is 0.480 e. The second-order valence-corrected chi connectivity index (χ2v) is 3.70. The van der Waals surface area contributed by atoms with E-state index in [1.54, 1.807) is 0 Å². The fourth-order valence-electron chi connectivity index (χ4n) is 1.56. The fraction of sp³-hybridized carbons (Fsp3) is 0.667. The number of nitrogens with two attached hydrogens (primary N) is 1. The molecule has 3 amide bonds. The van der Waals surface area contributed by atoms with Gasteiger partial charge in [-0.05, 0) is 12.8 Å². The first-order chi connectivity index (χ1) is 7.50. The number of carbonyl (C=O) groups is 3. The van der Waals surface area contributed by atoms with Crippen LogP contribution in [0.2, 0.25) is 0 Å². The van der Waals surface area contributed by atoms with E-state index in [1.165, 1.54) is 4.90 Å². The van der Waals surface area contributed by atoms with E-state index in [4.69, 9.17) is 10.8 Å². The monoisotopic (exact) mass is 229 g/mol. The third-order valence-electron chi connectivity index (χ3n) is 2.39. The first-order valence-electron chi connectivity index (χ1n) is 5.07. The maximum absolute atomic E-state index is 11.5. The molecule has 1 saturated heterocycles. The summed E-state index contributed by atoms with van der Waals surface area (Å²) in [5, 5.41) is 11.0. The average Bonchev–Trinajstić information content (AvgIpc) is 2.68. The number of hydrogen-bond donors (Lipinski definition) is 3. The van der Waals surface area contributed by atoms with Crippen molar-refractivity contribution >= 4 is 17.9 Å². The molecule has 0 aromatic carbocycles. The maximum atomic E-state index is 11.5. The number of aliphatic carboxylic acids is 1. The standard InChI is InChI=1S/C9H15N3O4/c10-7(13)5-6(8(14)15)11-9(16)12-3-1-2-4-12/h6H,1-5H2,(H2,10,13)(H,11,16)(H,14,15)/t6-/m1/s1. The molecule has 90 valence electrons. The minimum atomic E-state index is -1.26. The zero-order valence-electron chi connectivity index (χ0n) is 8.81. The molecule has 1 aliphatic rings. The van der Waals surface area contributed by atoms with Crippen molar-refractivity contribution in [1.82, 2.24) is 10.2 Å². The van der Waals surface area contributed by atoms with E-state index in [1.807, 2.05) is 0 Å². The maximum Gasteiger partial charge on any atom is 0.326 e. The van der Waals surface area contributed by atoms with Crippen molar-refractivity contribution in [3.8, 4) is 0 Å². The Balaban J connectivity index is 2.50. The zero-order valence-corrected chi connectivity index (χ0v) is 8.81. The molecule has 0 radical (unpaired) electrons. The van der Waals surface area contributed by atoms with Crippen LogP contribution < -0.4 is 11.1 Å². The zero-order chi connectivity index (χ0) is 12.1. The number of nitrogens with zero attached hydrogens (tertiary/aromatic N) is 1. The molecule has 4 N–H and O–H groups in total. The molecular formula is C9H15N3O4. The highest BCUT2D eigenvalue weighted by molar-refractivity contribution is 5.87. The topological polar surface area (TPSA) is 113 Å². The van der Waals surface area contributed by atoms with Crippen LogP contribution in [0.1, 0.15) is 19.3 Å². The van der Waals surface area contributed by atoms with Gasteiger partial charge in [0.15, 0.2) is 0 Å². The lowest BCUT2D eigenvalue weighted by Gasteiger charge is -2.19.